The van der Waals surface area contributed by atoms with Crippen LogP contribution in [0, 0.1) is 39.4 Å². The molecule has 0 aromatic carbocycles. The summed E-state index contributed by atoms with van der Waals surface area (Å²) in [6, 6.07) is 0. The molecule has 6 atom stereocenters. The highest BCUT2D eigenvalue weighted by Crippen LogP contribution is 2.72. The minimum atomic E-state index is -0.601. The highest BCUT2D eigenvalue weighted by Gasteiger charge is 2.64. The van der Waals surface area contributed by atoms with Crippen LogP contribution >= 0.6 is 0 Å². The number of hydrogen-bond acceptors (Lipinski definition) is 2. The molecule has 3 nitrogen and oxygen atoms in total. The van der Waals surface area contributed by atoms with Gasteiger partial charge in [0.05, 0.1) is 5.92 Å². The second-order valence-corrected chi connectivity index (χ2v) is 13.3. The van der Waals surface area contributed by atoms with E-state index in [2.05, 4.69) is 54.5 Å². The monoisotopic (exact) mass is 454 g/mol. The minimum absolute atomic E-state index is 0.0447. The van der Waals surface area contributed by atoms with Crippen molar-refractivity contribution in [1.82, 2.24) is 0 Å². The van der Waals surface area contributed by atoms with Crippen LogP contribution in [0.1, 0.15) is 113 Å². The Bertz CT molecular complexity index is 904. The first-order valence-electron chi connectivity index (χ1n) is 13.4. The van der Waals surface area contributed by atoms with E-state index in [-0.39, 0.29) is 33.5 Å². The second-order valence-electron chi connectivity index (χ2n) is 13.3. The number of Topliss-reactive ketones (excluding diaryl/α,β-unsaturated/α-hetero) is 1. The quantitative estimate of drug-likeness (QED) is 0.432. The molecule has 4 aliphatic rings. The lowest BCUT2D eigenvalue weighted by atomic mass is 9.43. The summed E-state index contributed by atoms with van der Waals surface area (Å²) in [5.41, 5.74) is 4.63. The average molecular weight is 455 g/mol. The molecule has 1 N–H and O–H groups in total. The number of hydrogen-bond donors (Lipinski definition) is 1. The van der Waals surface area contributed by atoms with Crippen molar-refractivity contribution in [3.8, 4) is 0 Å². The van der Waals surface area contributed by atoms with Crippen LogP contribution < -0.4 is 0 Å². The van der Waals surface area contributed by atoms with Crippen molar-refractivity contribution in [2.45, 2.75) is 113 Å². The zero-order valence-electron chi connectivity index (χ0n) is 22.1. The summed E-state index contributed by atoms with van der Waals surface area (Å²) >= 11 is 0. The number of aliphatic carboxylic acids is 1. The van der Waals surface area contributed by atoms with E-state index >= 15 is 0 Å². The molecule has 0 aromatic heterocycles. The Kier molecular flexibility index (Phi) is 6.07. The third-order valence-electron chi connectivity index (χ3n) is 11.4. The minimum Gasteiger partial charge on any atom is -0.481 e. The summed E-state index contributed by atoms with van der Waals surface area (Å²) in [6.07, 6.45) is 12.0. The Labute approximate surface area is 201 Å². The van der Waals surface area contributed by atoms with Crippen molar-refractivity contribution >= 4 is 11.8 Å². The number of fused-ring (bicyclic) bond motifs is 4. The molecule has 0 spiro atoms. The van der Waals surface area contributed by atoms with Gasteiger partial charge in [-0.3, -0.25) is 9.59 Å². The zero-order chi connectivity index (χ0) is 24.4. The van der Waals surface area contributed by atoms with Gasteiger partial charge in [-0.1, -0.05) is 57.4 Å². The van der Waals surface area contributed by atoms with Gasteiger partial charge in [-0.2, -0.15) is 0 Å². The molecular formula is C30H46O3. The number of carboxylic acid groups (broad SMARTS) is 1. The molecule has 0 radical (unpaired) electrons. The molecular weight excluding hydrogens is 408 g/mol. The third-order valence-corrected chi connectivity index (χ3v) is 11.4. The maximum absolute atomic E-state index is 12.8. The molecule has 0 saturated heterocycles. The van der Waals surface area contributed by atoms with Crippen molar-refractivity contribution in [1.29, 1.82) is 0 Å². The smallest absolute Gasteiger partial charge is 0.306 e. The van der Waals surface area contributed by atoms with E-state index in [1.54, 1.807) is 11.1 Å². The van der Waals surface area contributed by atoms with Gasteiger partial charge in [-0.15, -0.1) is 0 Å². The van der Waals surface area contributed by atoms with Gasteiger partial charge in [0.2, 0.25) is 0 Å². The number of carboxylic acids is 1. The van der Waals surface area contributed by atoms with Crippen molar-refractivity contribution in [3.05, 3.63) is 22.8 Å². The number of rotatable bonds is 5. The summed E-state index contributed by atoms with van der Waals surface area (Å²) in [5.74, 6) is 0.270. The first-order chi connectivity index (χ1) is 15.3. The van der Waals surface area contributed by atoms with Crippen molar-refractivity contribution in [2.75, 3.05) is 0 Å². The van der Waals surface area contributed by atoms with E-state index in [4.69, 9.17) is 0 Å². The number of carbonyl (C=O) groups excluding carboxylic acids is 1. The predicted octanol–water partition coefficient (Wildman–Crippen LogP) is 7.75. The Hall–Kier alpha value is -1.38. The van der Waals surface area contributed by atoms with Gasteiger partial charge in [0, 0.05) is 11.8 Å². The van der Waals surface area contributed by atoms with Crippen LogP contribution in [0.15, 0.2) is 22.8 Å². The molecule has 0 bridgehead atoms. The van der Waals surface area contributed by atoms with Crippen LogP contribution in [0.5, 0.6) is 0 Å². The molecule has 0 unspecified atom stereocenters. The molecule has 2 saturated carbocycles. The standard InChI is InChI=1S/C30H46O3/c1-19(2)9-8-10-20(26(32)33)21-13-17-30(7)23-11-12-24-27(3,4)25(31)15-16-28(24,5)22(23)14-18-29(21,30)6/h9,20-21,24H,8,10-18H2,1-7H3,(H,32,33)/t20-,21-,24-,28+,29-,30+/m1/s1. The van der Waals surface area contributed by atoms with Crippen LogP contribution in [0.4, 0.5) is 0 Å². The average Bonchev–Trinajstić information content (AvgIpc) is 3.00. The van der Waals surface area contributed by atoms with Gasteiger partial charge in [-0.25, -0.2) is 0 Å². The van der Waals surface area contributed by atoms with E-state index in [0.29, 0.717) is 18.1 Å². The summed E-state index contributed by atoms with van der Waals surface area (Å²) in [4.78, 5) is 25.2. The topological polar surface area (TPSA) is 54.4 Å². The molecule has 184 valence electrons. The van der Waals surface area contributed by atoms with Gasteiger partial charge in [0.1, 0.15) is 5.78 Å². The van der Waals surface area contributed by atoms with Crippen LogP contribution in [0.2, 0.25) is 0 Å². The van der Waals surface area contributed by atoms with Crippen molar-refractivity contribution in [2.24, 2.45) is 39.4 Å². The Morgan fingerprint density at radius 2 is 1.70 bits per heavy atom. The normalized spacial score (nSPS) is 40.5. The number of carbonyl (C=O) groups is 2. The lowest BCUT2D eigenvalue weighted by molar-refractivity contribution is -0.146. The third kappa shape index (κ3) is 3.50. The SMILES string of the molecule is CC(C)=CCC[C@@H](C(=O)O)[C@H]1CC[C@@]2(C)C3=C(CC[C@]12C)[C@]1(C)CCC(=O)C(C)(C)[C@H]1CC3. The molecule has 0 aromatic rings. The highest BCUT2D eigenvalue weighted by molar-refractivity contribution is 5.85. The Morgan fingerprint density at radius 1 is 1.00 bits per heavy atom. The first-order valence-corrected chi connectivity index (χ1v) is 13.4. The number of allylic oxidation sites excluding steroid dienone is 4. The fraction of sp³-hybridized carbons (Fsp3) is 0.800. The van der Waals surface area contributed by atoms with Gasteiger partial charge < -0.3 is 5.11 Å². The van der Waals surface area contributed by atoms with E-state index in [1.807, 2.05) is 0 Å². The summed E-state index contributed by atoms with van der Waals surface area (Å²) in [7, 11) is 0. The summed E-state index contributed by atoms with van der Waals surface area (Å²) < 4.78 is 0. The van der Waals surface area contributed by atoms with Crippen molar-refractivity contribution in [3.63, 3.8) is 0 Å². The number of ketones is 1. The molecule has 0 amide bonds. The van der Waals surface area contributed by atoms with E-state index in [9.17, 15) is 14.7 Å². The second kappa shape index (κ2) is 8.09. The van der Waals surface area contributed by atoms with Gasteiger partial charge in [0.15, 0.2) is 0 Å². The van der Waals surface area contributed by atoms with Crippen LogP contribution in [0.25, 0.3) is 0 Å². The van der Waals surface area contributed by atoms with Crippen LogP contribution in [-0.2, 0) is 9.59 Å². The van der Waals surface area contributed by atoms with E-state index in [0.717, 1.165) is 57.8 Å². The highest BCUT2D eigenvalue weighted by atomic mass is 16.4. The maximum Gasteiger partial charge on any atom is 0.306 e. The van der Waals surface area contributed by atoms with Crippen molar-refractivity contribution < 1.29 is 14.7 Å². The maximum atomic E-state index is 12.8. The zero-order valence-corrected chi connectivity index (χ0v) is 22.1. The van der Waals surface area contributed by atoms with Gasteiger partial charge in [-0.05, 0) is 99.7 Å². The van der Waals surface area contributed by atoms with E-state index in [1.165, 1.54) is 5.57 Å². The van der Waals surface area contributed by atoms with Gasteiger partial charge >= 0.3 is 5.97 Å². The fourth-order valence-electron chi connectivity index (χ4n) is 9.22. The predicted molar refractivity (Wildman–Crippen MR) is 134 cm³/mol. The van der Waals surface area contributed by atoms with E-state index < -0.39 is 5.97 Å². The molecule has 2 fully saturated rings. The molecule has 0 aliphatic heterocycles. The first kappa shape index (κ1) is 24.7. The lowest BCUT2D eigenvalue weighted by Crippen LogP contribution is -2.54. The largest absolute Gasteiger partial charge is 0.481 e. The fourth-order valence-corrected chi connectivity index (χ4v) is 9.22. The molecule has 4 aliphatic carbocycles. The molecule has 4 rings (SSSR count). The molecule has 33 heavy (non-hydrogen) atoms. The molecule has 3 heteroatoms. The Balaban J connectivity index is 1.70. The summed E-state index contributed by atoms with van der Waals surface area (Å²) in [5, 5.41) is 10.2. The van der Waals surface area contributed by atoms with Crippen LogP contribution in [0.3, 0.4) is 0 Å². The summed E-state index contributed by atoms with van der Waals surface area (Å²) in [6.45, 7) is 15.9. The molecule has 0 heterocycles. The lowest BCUT2D eigenvalue weighted by Gasteiger charge is -2.60. The Morgan fingerprint density at radius 3 is 2.33 bits per heavy atom. The van der Waals surface area contributed by atoms with Crippen LogP contribution in [-0.4, -0.2) is 16.9 Å². The van der Waals surface area contributed by atoms with Gasteiger partial charge in [0.25, 0.3) is 0 Å².